The van der Waals surface area contributed by atoms with Crippen LogP contribution in [0, 0.1) is 0 Å². The molecule has 1 nitrogen and oxygen atoms in total. The van der Waals surface area contributed by atoms with Gasteiger partial charge in [0.25, 0.3) is 0 Å². The minimum atomic E-state index is 0.754. The van der Waals surface area contributed by atoms with Gasteiger partial charge in [-0.05, 0) is 30.3 Å². The number of hydrogen-bond acceptors (Lipinski definition) is 1. The van der Waals surface area contributed by atoms with Gasteiger partial charge in [0.1, 0.15) is 0 Å². The van der Waals surface area contributed by atoms with Crippen LogP contribution in [-0.4, -0.2) is 7.05 Å². The average molecular weight is 182 g/mol. The van der Waals surface area contributed by atoms with Crippen LogP contribution in [0.2, 0.25) is 5.02 Å². The van der Waals surface area contributed by atoms with Crippen LogP contribution in [0.1, 0.15) is 11.1 Å². The summed E-state index contributed by atoms with van der Waals surface area (Å²) < 4.78 is 0. The fraction of sp³-hybridized carbons (Fsp3) is 0.200. The molecule has 0 spiro atoms. The van der Waals surface area contributed by atoms with E-state index < -0.39 is 0 Å². The summed E-state index contributed by atoms with van der Waals surface area (Å²) in [5, 5.41) is 3.84. The first kappa shape index (κ1) is 9.30. The van der Waals surface area contributed by atoms with Gasteiger partial charge in [-0.15, -0.1) is 0 Å². The second-order valence-corrected chi connectivity index (χ2v) is 3.01. The molecular formula is C10H12ClN. The zero-order valence-electron chi connectivity index (χ0n) is 7.10. The summed E-state index contributed by atoms with van der Waals surface area (Å²) in [6.45, 7) is 4.57. The number of benzene rings is 1. The van der Waals surface area contributed by atoms with Gasteiger partial charge in [-0.25, -0.2) is 0 Å². The number of rotatable bonds is 3. The van der Waals surface area contributed by atoms with E-state index in [2.05, 4.69) is 11.9 Å². The molecule has 0 amide bonds. The Morgan fingerprint density at radius 2 is 2.33 bits per heavy atom. The third-order valence-corrected chi connectivity index (χ3v) is 1.93. The average Bonchev–Trinajstić information content (AvgIpc) is 2.08. The predicted octanol–water partition coefficient (Wildman–Crippen LogP) is 2.70. The first-order chi connectivity index (χ1) is 5.77. The molecule has 1 aromatic carbocycles. The van der Waals surface area contributed by atoms with E-state index in [0.717, 1.165) is 17.1 Å². The van der Waals surface area contributed by atoms with Crippen LogP contribution in [0.4, 0.5) is 0 Å². The maximum absolute atomic E-state index is 5.83. The minimum absolute atomic E-state index is 0.754. The summed E-state index contributed by atoms with van der Waals surface area (Å²) in [5.41, 5.74) is 2.31. The van der Waals surface area contributed by atoms with Crippen molar-refractivity contribution >= 4 is 17.7 Å². The Morgan fingerprint density at radius 3 is 2.92 bits per heavy atom. The van der Waals surface area contributed by atoms with Crippen molar-refractivity contribution in [2.75, 3.05) is 7.05 Å². The van der Waals surface area contributed by atoms with Crippen LogP contribution >= 0.6 is 11.6 Å². The Bertz CT molecular complexity index is 281. The van der Waals surface area contributed by atoms with Gasteiger partial charge in [0.05, 0.1) is 0 Å². The molecule has 0 aliphatic rings. The van der Waals surface area contributed by atoms with Crippen LogP contribution in [-0.2, 0) is 6.54 Å². The highest BCUT2D eigenvalue weighted by Gasteiger charge is 1.98. The van der Waals surface area contributed by atoms with Crippen LogP contribution in [0.15, 0.2) is 24.8 Å². The van der Waals surface area contributed by atoms with E-state index in [-0.39, 0.29) is 0 Å². The summed E-state index contributed by atoms with van der Waals surface area (Å²) >= 11 is 5.83. The van der Waals surface area contributed by atoms with E-state index in [1.165, 1.54) is 5.56 Å². The molecule has 12 heavy (non-hydrogen) atoms. The zero-order chi connectivity index (χ0) is 8.97. The molecule has 0 saturated heterocycles. The number of nitrogens with one attached hydrogen (secondary N) is 1. The molecule has 1 N–H and O–H groups in total. The second-order valence-electron chi connectivity index (χ2n) is 2.58. The van der Waals surface area contributed by atoms with Crippen molar-refractivity contribution < 1.29 is 0 Å². The zero-order valence-corrected chi connectivity index (χ0v) is 7.86. The summed E-state index contributed by atoms with van der Waals surface area (Å²) in [7, 11) is 1.92. The summed E-state index contributed by atoms with van der Waals surface area (Å²) in [5.74, 6) is 0. The van der Waals surface area contributed by atoms with E-state index in [4.69, 9.17) is 11.6 Å². The van der Waals surface area contributed by atoms with Crippen LogP contribution < -0.4 is 5.32 Å². The molecule has 0 aliphatic heterocycles. The normalized spacial score (nSPS) is 9.83. The van der Waals surface area contributed by atoms with Gasteiger partial charge in [-0.2, -0.15) is 0 Å². The monoisotopic (exact) mass is 181 g/mol. The highest BCUT2D eigenvalue weighted by Crippen LogP contribution is 2.16. The highest BCUT2D eigenvalue weighted by molar-refractivity contribution is 6.30. The van der Waals surface area contributed by atoms with Gasteiger partial charge in [-0.3, -0.25) is 0 Å². The molecule has 2 heteroatoms. The quantitative estimate of drug-likeness (QED) is 0.756. The molecule has 0 atom stereocenters. The summed E-state index contributed by atoms with van der Waals surface area (Å²) in [6, 6.07) is 5.82. The maximum atomic E-state index is 5.83. The maximum Gasteiger partial charge on any atom is 0.0412 e. The van der Waals surface area contributed by atoms with Crippen molar-refractivity contribution in [2.24, 2.45) is 0 Å². The van der Waals surface area contributed by atoms with E-state index in [0.29, 0.717) is 0 Å². The molecule has 0 unspecified atom stereocenters. The lowest BCUT2D eigenvalue weighted by Gasteiger charge is -2.04. The molecule has 0 aliphatic carbocycles. The first-order valence-corrected chi connectivity index (χ1v) is 4.21. The Hall–Kier alpha value is -0.790. The van der Waals surface area contributed by atoms with Gasteiger partial charge < -0.3 is 5.32 Å². The summed E-state index contributed by atoms with van der Waals surface area (Å²) in [6.07, 6.45) is 1.82. The van der Waals surface area contributed by atoms with Crippen molar-refractivity contribution in [1.29, 1.82) is 0 Å². The van der Waals surface area contributed by atoms with Crippen molar-refractivity contribution in [3.05, 3.63) is 40.9 Å². The Balaban J connectivity index is 3.02. The predicted molar refractivity (Wildman–Crippen MR) is 54.3 cm³/mol. The molecule has 0 heterocycles. The van der Waals surface area contributed by atoms with E-state index in [1.807, 2.05) is 31.3 Å². The molecule has 0 aromatic heterocycles. The van der Waals surface area contributed by atoms with Crippen molar-refractivity contribution in [1.82, 2.24) is 5.32 Å². The SMILES string of the molecule is C=Cc1cc(Cl)ccc1CNC. The molecule has 1 rings (SSSR count). The van der Waals surface area contributed by atoms with E-state index >= 15 is 0 Å². The van der Waals surface area contributed by atoms with Crippen molar-refractivity contribution in [3.8, 4) is 0 Å². The lowest BCUT2D eigenvalue weighted by atomic mass is 10.1. The smallest absolute Gasteiger partial charge is 0.0412 e. The van der Waals surface area contributed by atoms with Crippen LogP contribution in [0.25, 0.3) is 6.08 Å². The molecule has 0 radical (unpaired) electrons. The Kier molecular flexibility index (Phi) is 3.32. The molecule has 64 valence electrons. The molecule has 0 saturated carbocycles. The van der Waals surface area contributed by atoms with E-state index in [9.17, 15) is 0 Å². The number of hydrogen-bond donors (Lipinski definition) is 1. The van der Waals surface area contributed by atoms with E-state index in [1.54, 1.807) is 0 Å². The first-order valence-electron chi connectivity index (χ1n) is 3.83. The lowest BCUT2D eigenvalue weighted by Crippen LogP contribution is -2.06. The molecule has 0 fully saturated rings. The molecule has 1 aromatic rings. The van der Waals surface area contributed by atoms with Gasteiger partial charge in [-0.1, -0.05) is 30.3 Å². The standard InChI is InChI=1S/C10H12ClN/c1-3-8-6-10(11)5-4-9(8)7-12-2/h3-6,12H,1,7H2,2H3. The fourth-order valence-corrected chi connectivity index (χ4v) is 1.29. The topological polar surface area (TPSA) is 12.0 Å². The van der Waals surface area contributed by atoms with Crippen molar-refractivity contribution in [3.63, 3.8) is 0 Å². The molecule has 0 bridgehead atoms. The Labute approximate surface area is 78.1 Å². The van der Waals surface area contributed by atoms with Crippen LogP contribution in [0.5, 0.6) is 0 Å². The largest absolute Gasteiger partial charge is 0.316 e. The van der Waals surface area contributed by atoms with Gasteiger partial charge in [0, 0.05) is 11.6 Å². The Morgan fingerprint density at radius 1 is 1.58 bits per heavy atom. The van der Waals surface area contributed by atoms with Crippen molar-refractivity contribution in [2.45, 2.75) is 6.54 Å². The fourth-order valence-electron chi connectivity index (χ4n) is 1.11. The number of halogens is 1. The third-order valence-electron chi connectivity index (χ3n) is 1.70. The van der Waals surface area contributed by atoms with Gasteiger partial charge in [0.2, 0.25) is 0 Å². The second kappa shape index (κ2) is 4.29. The molecular weight excluding hydrogens is 170 g/mol. The van der Waals surface area contributed by atoms with Gasteiger partial charge in [0.15, 0.2) is 0 Å². The van der Waals surface area contributed by atoms with Gasteiger partial charge >= 0.3 is 0 Å². The van der Waals surface area contributed by atoms with Crippen LogP contribution in [0.3, 0.4) is 0 Å². The minimum Gasteiger partial charge on any atom is -0.316 e. The summed E-state index contributed by atoms with van der Waals surface area (Å²) in [4.78, 5) is 0. The highest BCUT2D eigenvalue weighted by atomic mass is 35.5. The third kappa shape index (κ3) is 2.10. The lowest BCUT2D eigenvalue weighted by molar-refractivity contribution is 0.816.